The lowest BCUT2D eigenvalue weighted by atomic mass is 9.85. The van der Waals surface area contributed by atoms with Crippen molar-refractivity contribution in [1.82, 2.24) is 15.5 Å². The molecule has 1 aliphatic rings. The van der Waals surface area contributed by atoms with Crippen molar-refractivity contribution in [3.8, 4) is 0 Å². The van der Waals surface area contributed by atoms with Gasteiger partial charge in [-0.2, -0.15) is 0 Å². The molecule has 0 bridgehead atoms. The van der Waals surface area contributed by atoms with E-state index < -0.39 is 5.97 Å². The lowest BCUT2D eigenvalue weighted by Gasteiger charge is -2.42. The molecule has 1 fully saturated rings. The van der Waals surface area contributed by atoms with Gasteiger partial charge in [0.2, 0.25) is 5.91 Å². The van der Waals surface area contributed by atoms with E-state index in [0.29, 0.717) is 36.5 Å². The molecule has 0 aromatic heterocycles. The van der Waals surface area contributed by atoms with Crippen LogP contribution in [0, 0.1) is 0 Å². The lowest BCUT2D eigenvalue weighted by molar-refractivity contribution is -0.139. The molecule has 0 aliphatic heterocycles. The summed E-state index contributed by atoms with van der Waals surface area (Å²) in [6.45, 7) is 3.08. The summed E-state index contributed by atoms with van der Waals surface area (Å²) in [4.78, 5) is 36.7. The SMILES string of the molecule is CCN(CC(=O)O)C1CC(NC(=O)CCCNC(=O)c2ccc(Cl)cc2)C1. The number of benzene rings is 1. The molecule has 0 radical (unpaired) electrons. The van der Waals surface area contributed by atoms with Crippen LogP contribution in [-0.4, -0.2) is 59.5 Å². The molecular weight excluding hydrogens is 370 g/mol. The van der Waals surface area contributed by atoms with Gasteiger partial charge in [0.1, 0.15) is 0 Å². The third kappa shape index (κ3) is 6.84. The molecule has 0 saturated heterocycles. The monoisotopic (exact) mass is 395 g/mol. The van der Waals surface area contributed by atoms with Crippen molar-refractivity contribution >= 4 is 29.4 Å². The Morgan fingerprint density at radius 2 is 1.89 bits per heavy atom. The second-order valence-electron chi connectivity index (χ2n) is 6.71. The van der Waals surface area contributed by atoms with Crippen molar-refractivity contribution in [1.29, 1.82) is 0 Å². The molecular formula is C19H26ClN3O4. The zero-order chi connectivity index (χ0) is 19.8. The molecule has 2 amide bonds. The molecule has 2 rings (SSSR count). The Labute approximate surface area is 164 Å². The van der Waals surface area contributed by atoms with Gasteiger partial charge in [-0.1, -0.05) is 18.5 Å². The number of carboxylic acids is 1. The Morgan fingerprint density at radius 3 is 2.48 bits per heavy atom. The maximum Gasteiger partial charge on any atom is 0.317 e. The van der Waals surface area contributed by atoms with Gasteiger partial charge in [0.25, 0.3) is 5.91 Å². The van der Waals surface area contributed by atoms with Gasteiger partial charge in [0.05, 0.1) is 6.54 Å². The van der Waals surface area contributed by atoms with Gasteiger partial charge in [-0.15, -0.1) is 0 Å². The van der Waals surface area contributed by atoms with E-state index in [1.807, 2.05) is 11.8 Å². The van der Waals surface area contributed by atoms with Gasteiger partial charge in [-0.25, -0.2) is 0 Å². The summed E-state index contributed by atoms with van der Waals surface area (Å²) in [7, 11) is 0. The number of amides is 2. The minimum absolute atomic E-state index is 0.0369. The number of nitrogens with one attached hydrogen (secondary N) is 2. The Bertz CT molecular complexity index is 659. The van der Waals surface area contributed by atoms with Crippen molar-refractivity contribution < 1.29 is 19.5 Å². The van der Waals surface area contributed by atoms with E-state index in [1.165, 1.54) is 0 Å². The van der Waals surface area contributed by atoms with Crippen LogP contribution in [0.5, 0.6) is 0 Å². The Hall–Kier alpha value is -2.12. The van der Waals surface area contributed by atoms with Crippen molar-refractivity contribution in [2.45, 2.75) is 44.7 Å². The highest BCUT2D eigenvalue weighted by molar-refractivity contribution is 6.30. The summed E-state index contributed by atoms with van der Waals surface area (Å²) >= 11 is 5.79. The van der Waals surface area contributed by atoms with Crippen LogP contribution in [0.4, 0.5) is 0 Å². The molecule has 27 heavy (non-hydrogen) atoms. The molecule has 8 heteroatoms. The molecule has 0 spiro atoms. The van der Waals surface area contributed by atoms with Crippen LogP contribution in [0.25, 0.3) is 0 Å². The van der Waals surface area contributed by atoms with Crippen molar-refractivity contribution in [2.75, 3.05) is 19.6 Å². The molecule has 0 heterocycles. The number of nitrogens with zero attached hydrogens (tertiary/aromatic N) is 1. The third-order valence-corrected chi connectivity index (χ3v) is 4.96. The van der Waals surface area contributed by atoms with Crippen molar-refractivity contribution in [3.05, 3.63) is 34.9 Å². The minimum Gasteiger partial charge on any atom is -0.480 e. The molecule has 3 N–H and O–H groups in total. The first kappa shape index (κ1) is 21.2. The van der Waals surface area contributed by atoms with Gasteiger partial charge >= 0.3 is 5.97 Å². The fourth-order valence-corrected chi connectivity index (χ4v) is 3.26. The molecule has 0 unspecified atom stereocenters. The average molecular weight is 396 g/mol. The molecule has 1 saturated carbocycles. The highest BCUT2D eigenvalue weighted by Crippen LogP contribution is 2.25. The number of hydrogen-bond donors (Lipinski definition) is 3. The van der Waals surface area contributed by atoms with E-state index in [4.69, 9.17) is 16.7 Å². The van der Waals surface area contributed by atoms with Gasteiger partial charge < -0.3 is 15.7 Å². The molecule has 7 nitrogen and oxygen atoms in total. The van der Waals surface area contributed by atoms with Crippen LogP contribution in [0.1, 0.15) is 43.0 Å². The average Bonchev–Trinajstić information content (AvgIpc) is 2.60. The van der Waals surface area contributed by atoms with E-state index in [2.05, 4.69) is 10.6 Å². The lowest BCUT2D eigenvalue weighted by Crippen LogP contribution is -2.54. The predicted octanol–water partition coefficient (Wildman–Crippen LogP) is 1.90. The van der Waals surface area contributed by atoms with Gasteiger partial charge in [-0.3, -0.25) is 19.3 Å². The van der Waals surface area contributed by atoms with Gasteiger partial charge in [0, 0.05) is 35.6 Å². The van der Waals surface area contributed by atoms with Crippen LogP contribution in [0.3, 0.4) is 0 Å². The third-order valence-electron chi connectivity index (χ3n) is 4.71. The summed E-state index contributed by atoms with van der Waals surface area (Å²) in [5.74, 6) is -1.06. The van der Waals surface area contributed by atoms with Crippen LogP contribution in [0.15, 0.2) is 24.3 Å². The Kier molecular flexibility index (Phi) is 8.06. The maximum atomic E-state index is 12.0. The summed E-state index contributed by atoms with van der Waals surface area (Å²) in [5, 5.41) is 15.2. The summed E-state index contributed by atoms with van der Waals surface area (Å²) in [5.41, 5.74) is 0.534. The van der Waals surface area contributed by atoms with Crippen molar-refractivity contribution in [3.63, 3.8) is 0 Å². The van der Waals surface area contributed by atoms with Crippen LogP contribution < -0.4 is 10.6 Å². The zero-order valence-electron chi connectivity index (χ0n) is 15.4. The number of likely N-dealkylation sites (N-methyl/N-ethyl adjacent to an activating group) is 1. The number of carboxylic acid groups (broad SMARTS) is 1. The van der Waals surface area contributed by atoms with Gasteiger partial charge in [-0.05, 0) is 50.1 Å². The highest BCUT2D eigenvalue weighted by Gasteiger charge is 2.34. The highest BCUT2D eigenvalue weighted by atomic mass is 35.5. The molecule has 148 valence electrons. The topological polar surface area (TPSA) is 98.7 Å². The van der Waals surface area contributed by atoms with E-state index in [1.54, 1.807) is 24.3 Å². The number of carbonyl (C=O) groups is 3. The number of aliphatic carboxylic acids is 1. The smallest absolute Gasteiger partial charge is 0.317 e. The number of hydrogen-bond acceptors (Lipinski definition) is 4. The van der Waals surface area contributed by atoms with E-state index in [-0.39, 0.29) is 30.4 Å². The molecule has 1 aromatic rings. The first-order valence-electron chi connectivity index (χ1n) is 9.18. The molecule has 1 aliphatic carbocycles. The maximum absolute atomic E-state index is 12.0. The van der Waals surface area contributed by atoms with E-state index in [9.17, 15) is 14.4 Å². The Balaban J connectivity index is 1.58. The van der Waals surface area contributed by atoms with Gasteiger partial charge in [0.15, 0.2) is 0 Å². The van der Waals surface area contributed by atoms with E-state index >= 15 is 0 Å². The van der Waals surface area contributed by atoms with Crippen LogP contribution in [-0.2, 0) is 9.59 Å². The second kappa shape index (κ2) is 10.3. The first-order chi connectivity index (χ1) is 12.9. The fourth-order valence-electron chi connectivity index (χ4n) is 3.13. The van der Waals surface area contributed by atoms with E-state index in [0.717, 1.165) is 12.8 Å². The fraction of sp³-hybridized carbons (Fsp3) is 0.526. The predicted molar refractivity (Wildman–Crippen MR) is 103 cm³/mol. The molecule has 0 atom stereocenters. The minimum atomic E-state index is -0.829. The number of rotatable bonds is 10. The number of halogens is 1. The zero-order valence-corrected chi connectivity index (χ0v) is 16.2. The number of carbonyl (C=O) groups excluding carboxylic acids is 2. The summed E-state index contributed by atoms with van der Waals surface area (Å²) in [6, 6.07) is 6.95. The second-order valence-corrected chi connectivity index (χ2v) is 7.15. The standard InChI is InChI=1S/C19H26ClN3O4/c1-2-23(12-18(25)26)16-10-15(11-16)22-17(24)4-3-9-21-19(27)13-5-7-14(20)8-6-13/h5-8,15-16H,2-4,9-12H2,1H3,(H,21,27)(H,22,24)(H,25,26). The summed E-state index contributed by atoms with van der Waals surface area (Å²) in [6.07, 6.45) is 2.45. The first-order valence-corrected chi connectivity index (χ1v) is 9.55. The van der Waals surface area contributed by atoms with Crippen LogP contribution >= 0.6 is 11.6 Å². The normalized spacial score (nSPS) is 18.6. The Morgan fingerprint density at radius 1 is 1.22 bits per heavy atom. The van der Waals surface area contributed by atoms with Crippen LogP contribution in [0.2, 0.25) is 5.02 Å². The van der Waals surface area contributed by atoms with Crippen molar-refractivity contribution in [2.24, 2.45) is 0 Å². The molecule has 1 aromatic carbocycles. The largest absolute Gasteiger partial charge is 0.480 e. The summed E-state index contributed by atoms with van der Waals surface area (Å²) < 4.78 is 0. The quantitative estimate of drug-likeness (QED) is 0.525.